The van der Waals surface area contributed by atoms with E-state index in [1.807, 2.05) is 12.1 Å². The van der Waals surface area contributed by atoms with Crippen LogP contribution < -0.4 is 5.32 Å². The lowest BCUT2D eigenvalue weighted by molar-refractivity contribution is 0.257. The number of benzene rings is 1. The molecule has 1 aliphatic rings. The molecule has 0 spiro atoms. The molecule has 2 aromatic rings. The smallest absolute Gasteiger partial charge is 0.134 e. The summed E-state index contributed by atoms with van der Waals surface area (Å²) in [5.41, 5.74) is 1.35. The van der Waals surface area contributed by atoms with Crippen LogP contribution >= 0.6 is 15.9 Å². The highest BCUT2D eigenvalue weighted by Gasteiger charge is 2.35. The van der Waals surface area contributed by atoms with Crippen LogP contribution in [0.2, 0.25) is 0 Å². The number of rotatable bonds is 3. The van der Waals surface area contributed by atoms with Gasteiger partial charge in [0.15, 0.2) is 0 Å². The highest BCUT2D eigenvalue weighted by atomic mass is 79.9. The van der Waals surface area contributed by atoms with E-state index in [-0.39, 0.29) is 6.04 Å². The second-order valence-electron chi connectivity index (χ2n) is 6.65. The topological polar surface area (TPSA) is 25.2 Å². The van der Waals surface area contributed by atoms with Crippen molar-refractivity contribution in [3.05, 3.63) is 34.5 Å². The number of fused-ring (bicyclic) bond motifs is 1. The third kappa shape index (κ3) is 2.66. The molecular weight excluding hydrogens is 314 g/mol. The van der Waals surface area contributed by atoms with Crippen LogP contribution in [-0.4, -0.2) is 6.04 Å². The van der Waals surface area contributed by atoms with Crippen LogP contribution in [0.3, 0.4) is 0 Å². The predicted octanol–water partition coefficient (Wildman–Crippen LogP) is 5.42. The molecule has 0 saturated heterocycles. The highest BCUT2D eigenvalue weighted by Crippen LogP contribution is 2.38. The first-order valence-electron chi connectivity index (χ1n) is 7.41. The van der Waals surface area contributed by atoms with Crippen LogP contribution in [0.15, 0.2) is 33.2 Å². The third-order valence-corrected chi connectivity index (χ3v) is 5.13. The summed E-state index contributed by atoms with van der Waals surface area (Å²) in [7, 11) is 0. The van der Waals surface area contributed by atoms with Gasteiger partial charge in [0, 0.05) is 15.9 Å². The third-order valence-electron chi connectivity index (χ3n) is 4.63. The first kappa shape index (κ1) is 14.2. The minimum Gasteiger partial charge on any atom is -0.459 e. The summed E-state index contributed by atoms with van der Waals surface area (Å²) in [4.78, 5) is 0. The van der Waals surface area contributed by atoms with Gasteiger partial charge in [-0.1, -0.05) is 36.2 Å². The van der Waals surface area contributed by atoms with Crippen molar-refractivity contribution in [2.45, 2.75) is 52.1 Å². The summed E-state index contributed by atoms with van der Waals surface area (Å²) < 4.78 is 7.07. The number of nitrogens with one attached hydrogen (secondary N) is 1. The molecule has 0 amide bonds. The van der Waals surface area contributed by atoms with E-state index in [9.17, 15) is 0 Å². The van der Waals surface area contributed by atoms with Gasteiger partial charge in [-0.2, -0.15) is 0 Å². The van der Waals surface area contributed by atoms with Gasteiger partial charge < -0.3 is 9.73 Å². The van der Waals surface area contributed by atoms with Crippen LogP contribution in [0.25, 0.3) is 11.0 Å². The Balaban J connectivity index is 1.80. The molecule has 1 aromatic carbocycles. The quantitative estimate of drug-likeness (QED) is 0.809. The minimum atomic E-state index is 0.253. The molecule has 2 nitrogen and oxygen atoms in total. The molecule has 1 heterocycles. The van der Waals surface area contributed by atoms with Crippen molar-refractivity contribution < 1.29 is 4.42 Å². The van der Waals surface area contributed by atoms with Gasteiger partial charge in [-0.05, 0) is 49.4 Å². The average Bonchev–Trinajstić information content (AvgIpc) is 2.93. The lowest BCUT2D eigenvalue weighted by Gasteiger charge is -2.30. The van der Waals surface area contributed by atoms with Crippen molar-refractivity contribution in [1.82, 2.24) is 5.32 Å². The van der Waals surface area contributed by atoms with E-state index in [1.54, 1.807) is 0 Å². The van der Waals surface area contributed by atoms with Gasteiger partial charge >= 0.3 is 0 Å². The van der Waals surface area contributed by atoms with Gasteiger partial charge in [-0.15, -0.1) is 0 Å². The van der Waals surface area contributed by atoms with Gasteiger partial charge in [-0.25, -0.2) is 0 Å². The number of halogens is 1. The molecular formula is C17H22BrNO. The van der Waals surface area contributed by atoms with Crippen molar-refractivity contribution >= 4 is 26.9 Å². The second kappa shape index (κ2) is 5.19. The van der Waals surface area contributed by atoms with E-state index in [2.05, 4.69) is 54.2 Å². The van der Waals surface area contributed by atoms with Gasteiger partial charge in [-0.3, -0.25) is 0 Å². The fourth-order valence-electron chi connectivity index (χ4n) is 3.27. The molecule has 108 valence electrons. The SMILES string of the molecule is CC(NC1CCCC1(C)C)c1cc2cc(Br)ccc2o1. The predicted molar refractivity (Wildman–Crippen MR) is 86.9 cm³/mol. The molecule has 2 unspecified atom stereocenters. The zero-order chi connectivity index (χ0) is 14.3. The molecule has 3 rings (SSSR count). The Kier molecular flexibility index (Phi) is 3.67. The Hall–Kier alpha value is -0.800. The number of furan rings is 1. The summed E-state index contributed by atoms with van der Waals surface area (Å²) in [5.74, 6) is 1.03. The van der Waals surface area contributed by atoms with Gasteiger partial charge in [0.05, 0.1) is 6.04 Å². The largest absolute Gasteiger partial charge is 0.459 e. The molecule has 2 atom stereocenters. The Morgan fingerprint density at radius 2 is 2.15 bits per heavy atom. The minimum absolute atomic E-state index is 0.253. The van der Waals surface area contributed by atoms with Gasteiger partial charge in [0.1, 0.15) is 11.3 Å². The fraction of sp³-hybridized carbons (Fsp3) is 0.529. The lowest BCUT2D eigenvalue weighted by atomic mass is 9.87. The maximum absolute atomic E-state index is 5.98. The molecule has 3 heteroatoms. The summed E-state index contributed by atoms with van der Waals surface area (Å²) >= 11 is 3.51. The molecule has 0 aliphatic heterocycles. The molecule has 0 radical (unpaired) electrons. The molecule has 0 bridgehead atoms. The van der Waals surface area contributed by atoms with Crippen LogP contribution in [0.1, 0.15) is 51.8 Å². The van der Waals surface area contributed by atoms with E-state index in [1.165, 1.54) is 19.3 Å². The standard InChI is InChI=1S/C17H22BrNO/c1-11(19-16-5-4-8-17(16,2)3)15-10-12-9-13(18)6-7-14(12)20-15/h6-7,9-11,16,19H,4-5,8H2,1-3H3. The highest BCUT2D eigenvalue weighted by molar-refractivity contribution is 9.10. The van der Waals surface area contributed by atoms with Crippen molar-refractivity contribution in [2.24, 2.45) is 5.41 Å². The van der Waals surface area contributed by atoms with E-state index < -0.39 is 0 Å². The lowest BCUT2D eigenvalue weighted by Crippen LogP contribution is -2.39. The zero-order valence-corrected chi connectivity index (χ0v) is 14.0. The maximum Gasteiger partial charge on any atom is 0.134 e. The summed E-state index contributed by atoms with van der Waals surface area (Å²) in [6, 6.07) is 9.14. The zero-order valence-electron chi connectivity index (χ0n) is 12.4. The summed E-state index contributed by atoms with van der Waals surface area (Å²) in [5, 5.41) is 4.92. The maximum atomic E-state index is 5.98. The summed E-state index contributed by atoms with van der Waals surface area (Å²) in [6.07, 6.45) is 3.90. The number of hydrogen-bond acceptors (Lipinski definition) is 2. The van der Waals surface area contributed by atoms with Crippen molar-refractivity contribution in [3.8, 4) is 0 Å². The van der Waals surface area contributed by atoms with E-state index >= 15 is 0 Å². The first-order valence-corrected chi connectivity index (χ1v) is 8.20. The fourth-order valence-corrected chi connectivity index (χ4v) is 3.65. The van der Waals surface area contributed by atoms with E-state index in [4.69, 9.17) is 4.42 Å². The second-order valence-corrected chi connectivity index (χ2v) is 7.57. The average molecular weight is 336 g/mol. The molecule has 1 fully saturated rings. The van der Waals surface area contributed by atoms with E-state index in [0.29, 0.717) is 11.5 Å². The Bertz CT molecular complexity index is 616. The molecule has 1 saturated carbocycles. The van der Waals surface area contributed by atoms with Gasteiger partial charge in [0.2, 0.25) is 0 Å². The number of hydrogen-bond donors (Lipinski definition) is 1. The normalized spacial score (nSPS) is 23.3. The van der Waals surface area contributed by atoms with Crippen molar-refractivity contribution in [1.29, 1.82) is 0 Å². The van der Waals surface area contributed by atoms with Crippen LogP contribution in [0, 0.1) is 5.41 Å². The monoisotopic (exact) mass is 335 g/mol. The van der Waals surface area contributed by atoms with Crippen LogP contribution in [-0.2, 0) is 0 Å². The molecule has 1 aromatic heterocycles. The van der Waals surface area contributed by atoms with Crippen LogP contribution in [0.4, 0.5) is 0 Å². The molecule has 20 heavy (non-hydrogen) atoms. The van der Waals surface area contributed by atoms with Gasteiger partial charge in [0.25, 0.3) is 0 Å². The first-order chi connectivity index (χ1) is 9.45. The van der Waals surface area contributed by atoms with Crippen molar-refractivity contribution in [3.63, 3.8) is 0 Å². The van der Waals surface area contributed by atoms with Crippen LogP contribution in [0.5, 0.6) is 0 Å². The van der Waals surface area contributed by atoms with Crippen molar-refractivity contribution in [2.75, 3.05) is 0 Å². The Morgan fingerprint density at radius 1 is 1.35 bits per heavy atom. The molecule has 1 aliphatic carbocycles. The molecule has 1 N–H and O–H groups in total. The Morgan fingerprint density at radius 3 is 2.85 bits per heavy atom. The van der Waals surface area contributed by atoms with E-state index in [0.717, 1.165) is 21.2 Å². The Labute approximate surface area is 129 Å². The summed E-state index contributed by atoms with van der Waals surface area (Å²) in [6.45, 7) is 6.92.